The maximum Gasteiger partial charge on any atom is 0.247 e. The van der Waals surface area contributed by atoms with E-state index in [1.165, 1.54) is 11.4 Å². The van der Waals surface area contributed by atoms with Crippen molar-refractivity contribution in [3.63, 3.8) is 0 Å². The van der Waals surface area contributed by atoms with Crippen LogP contribution in [0, 0.1) is 0 Å². The Bertz CT molecular complexity index is 961. The fraction of sp³-hybridized carbons (Fsp3) is 0.190. The van der Waals surface area contributed by atoms with Gasteiger partial charge >= 0.3 is 0 Å². The Morgan fingerprint density at radius 3 is 2.33 bits per heavy atom. The average molecular weight is 382 g/mol. The van der Waals surface area contributed by atoms with Crippen molar-refractivity contribution in [2.45, 2.75) is 17.9 Å². The number of nitrogens with zero attached hydrogens (tertiary/aromatic N) is 2. The van der Waals surface area contributed by atoms with Crippen LogP contribution in [0.25, 0.3) is 0 Å². The van der Waals surface area contributed by atoms with Gasteiger partial charge in [0.15, 0.2) is 0 Å². The minimum atomic E-state index is -3.74. The minimum absolute atomic E-state index is 0.163. The zero-order chi connectivity index (χ0) is 19.1. The average Bonchev–Trinajstić information content (AvgIpc) is 2.72. The van der Waals surface area contributed by atoms with Crippen LogP contribution in [0.5, 0.6) is 5.75 Å². The molecule has 27 heavy (non-hydrogen) atoms. The zero-order valence-electron chi connectivity index (χ0n) is 15.2. The van der Waals surface area contributed by atoms with E-state index in [2.05, 4.69) is 4.98 Å². The zero-order valence-corrected chi connectivity index (χ0v) is 16.0. The number of rotatable bonds is 8. The Morgan fingerprint density at radius 1 is 0.926 bits per heavy atom. The summed E-state index contributed by atoms with van der Waals surface area (Å²) in [6.07, 6.45) is 2.28. The highest BCUT2D eigenvalue weighted by Crippen LogP contribution is 2.27. The van der Waals surface area contributed by atoms with E-state index in [0.717, 1.165) is 5.56 Å². The van der Waals surface area contributed by atoms with Gasteiger partial charge < -0.3 is 4.74 Å². The first kappa shape index (κ1) is 19.1. The summed E-state index contributed by atoms with van der Waals surface area (Å²) < 4.78 is 33.4. The molecule has 0 aliphatic carbocycles. The van der Waals surface area contributed by atoms with E-state index < -0.39 is 10.0 Å². The first-order chi connectivity index (χ1) is 13.1. The molecule has 2 aromatic carbocycles. The third-order valence-corrected chi connectivity index (χ3v) is 6.13. The summed E-state index contributed by atoms with van der Waals surface area (Å²) in [5.41, 5.74) is 1.78. The maximum atomic E-state index is 13.4. The second kappa shape index (κ2) is 8.79. The van der Waals surface area contributed by atoms with Crippen molar-refractivity contribution in [2.24, 2.45) is 0 Å². The van der Waals surface area contributed by atoms with Crippen LogP contribution < -0.4 is 4.74 Å². The second-order valence-electron chi connectivity index (χ2n) is 6.05. The lowest BCUT2D eigenvalue weighted by Crippen LogP contribution is -2.33. The molecule has 0 amide bonds. The molecule has 0 atom stereocenters. The van der Waals surface area contributed by atoms with Crippen LogP contribution in [0.15, 0.2) is 83.9 Å². The van der Waals surface area contributed by atoms with Gasteiger partial charge in [0.1, 0.15) is 10.6 Å². The Hall–Kier alpha value is -2.70. The Labute approximate surface area is 160 Å². The van der Waals surface area contributed by atoms with E-state index in [4.69, 9.17) is 4.74 Å². The molecule has 5 nitrogen and oxygen atoms in total. The largest absolute Gasteiger partial charge is 0.495 e. The number of hydrogen-bond acceptors (Lipinski definition) is 4. The van der Waals surface area contributed by atoms with Crippen molar-refractivity contribution in [1.29, 1.82) is 0 Å². The summed E-state index contributed by atoms with van der Waals surface area (Å²) in [6, 6.07) is 22.0. The molecule has 0 fully saturated rings. The number of benzene rings is 2. The third-order valence-electron chi connectivity index (χ3n) is 4.24. The first-order valence-electron chi connectivity index (χ1n) is 8.68. The van der Waals surface area contributed by atoms with E-state index in [1.54, 1.807) is 30.5 Å². The van der Waals surface area contributed by atoms with Crippen LogP contribution in [0.1, 0.15) is 11.3 Å². The first-order valence-corrected chi connectivity index (χ1v) is 10.1. The topological polar surface area (TPSA) is 59.5 Å². The Morgan fingerprint density at radius 2 is 1.63 bits per heavy atom. The lowest BCUT2D eigenvalue weighted by molar-refractivity contribution is 0.385. The third kappa shape index (κ3) is 4.72. The molecule has 0 spiro atoms. The summed E-state index contributed by atoms with van der Waals surface area (Å²) in [4.78, 5) is 4.45. The van der Waals surface area contributed by atoms with Gasteiger partial charge in [-0.3, -0.25) is 4.98 Å². The molecule has 1 heterocycles. The molecule has 6 heteroatoms. The smallest absolute Gasteiger partial charge is 0.247 e. The van der Waals surface area contributed by atoms with Crippen LogP contribution in [0.4, 0.5) is 0 Å². The molecule has 140 valence electrons. The summed E-state index contributed by atoms with van der Waals surface area (Å²) in [6.45, 7) is 0.551. The van der Waals surface area contributed by atoms with E-state index in [0.29, 0.717) is 24.4 Å². The highest BCUT2D eigenvalue weighted by molar-refractivity contribution is 7.89. The molecule has 0 aliphatic rings. The molecular formula is C21H22N2O3S. The number of methoxy groups -OCH3 is 1. The Balaban J connectivity index is 1.92. The number of para-hydroxylation sites is 1. The van der Waals surface area contributed by atoms with Gasteiger partial charge in [-0.1, -0.05) is 48.5 Å². The molecule has 1 aromatic heterocycles. The summed E-state index contributed by atoms with van der Waals surface area (Å²) in [7, 11) is -2.27. The molecular weight excluding hydrogens is 360 g/mol. The van der Waals surface area contributed by atoms with Crippen LogP contribution in [0.2, 0.25) is 0 Å². The molecule has 0 N–H and O–H groups in total. The predicted octanol–water partition coefficient (Wildman–Crippen LogP) is 3.52. The van der Waals surface area contributed by atoms with Gasteiger partial charge in [0.25, 0.3) is 0 Å². The molecule has 0 bridgehead atoms. The van der Waals surface area contributed by atoms with E-state index in [9.17, 15) is 8.42 Å². The van der Waals surface area contributed by atoms with Crippen molar-refractivity contribution in [3.8, 4) is 5.75 Å². The van der Waals surface area contributed by atoms with Gasteiger partial charge in [0.2, 0.25) is 10.0 Å². The number of hydrogen-bond donors (Lipinski definition) is 0. The molecule has 0 radical (unpaired) electrons. The fourth-order valence-corrected chi connectivity index (χ4v) is 4.39. The maximum absolute atomic E-state index is 13.4. The van der Waals surface area contributed by atoms with Crippen molar-refractivity contribution < 1.29 is 13.2 Å². The van der Waals surface area contributed by atoms with Gasteiger partial charge in [0.05, 0.1) is 19.3 Å². The van der Waals surface area contributed by atoms with E-state index in [-0.39, 0.29) is 11.4 Å². The normalized spacial score (nSPS) is 11.5. The lowest BCUT2D eigenvalue weighted by atomic mass is 10.1. The quantitative estimate of drug-likeness (QED) is 0.598. The highest BCUT2D eigenvalue weighted by Gasteiger charge is 2.27. The molecule has 0 saturated carbocycles. The van der Waals surface area contributed by atoms with Gasteiger partial charge in [-0.15, -0.1) is 0 Å². The van der Waals surface area contributed by atoms with Crippen molar-refractivity contribution in [1.82, 2.24) is 9.29 Å². The number of ether oxygens (including phenoxy) is 1. The Kier molecular flexibility index (Phi) is 6.21. The lowest BCUT2D eigenvalue weighted by Gasteiger charge is -2.23. The summed E-state index contributed by atoms with van der Waals surface area (Å²) >= 11 is 0. The van der Waals surface area contributed by atoms with Gasteiger partial charge in [-0.2, -0.15) is 4.31 Å². The second-order valence-corrected chi connectivity index (χ2v) is 7.95. The monoisotopic (exact) mass is 382 g/mol. The molecule has 0 unspecified atom stereocenters. The molecule has 0 saturated heterocycles. The van der Waals surface area contributed by atoms with Gasteiger partial charge in [0, 0.05) is 12.7 Å². The van der Waals surface area contributed by atoms with Crippen LogP contribution in [0.3, 0.4) is 0 Å². The van der Waals surface area contributed by atoms with Gasteiger partial charge in [-0.25, -0.2) is 8.42 Å². The summed E-state index contributed by atoms with van der Waals surface area (Å²) in [5, 5.41) is 0. The number of aromatic nitrogens is 1. The van der Waals surface area contributed by atoms with E-state index >= 15 is 0 Å². The van der Waals surface area contributed by atoms with Gasteiger partial charge in [-0.05, 0) is 36.2 Å². The summed E-state index contributed by atoms with van der Waals surface area (Å²) in [5.74, 6) is 0.336. The minimum Gasteiger partial charge on any atom is -0.495 e. The van der Waals surface area contributed by atoms with Crippen molar-refractivity contribution in [2.75, 3.05) is 13.7 Å². The standard InChI is InChI=1S/C21H22N2O3S/c1-26-20-12-5-6-13-21(20)27(24,25)23(17-19-11-7-8-15-22-19)16-14-18-9-3-2-4-10-18/h2-13,15H,14,16-17H2,1H3. The van der Waals surface area contributed by atoms with Crippen LogP contribution in [-0.2, 0) is 23.0 Å². The number of sulfonamides is 1. The molecule has 3 rings (SSSR count). The fourth-order valence-electron chi connectivity index (χ4n) is 2.83. The predicted molar refractivity (Wildman–Crippen MR) is 105 cm³/mol. The molecule has 0 aliphatic heterocycles. The number of pyridine rings is 1. The van der Waals surface area contributed by atoms with Crippen LogP contribution in [-0.4, -0.2) is 31.4 Å². The van der Waals surface area contributed by atoms with Crippen LogP contribution >= 0.6 is 0 Å². The SMILES string of the molecule is COc1ccccc1S(=O)(=O)N(CCc1ccccc1)Cc1ccccn1. The highest BCUT2D eigenvalue weighted by atomic mass is 32.2. The van der Waals surface area contributed by atoms with E-state index in [1.807, 2.05) is 48.5 Å². The molecule has 3 aromatic rings. The van der Waals surface area contributed by atoms with Crippen molar-refractivity contribution in [3.05, 3.63) is 90.3 Å². The van der Waals surface area contributed by atoms with Crippen molar-refractivity contribution >= 4 is 10.0 Å².